The lowest BCUT2D eigenvalue weighted by Gasteiger charge is -2.26. The number of hydrogen-bond acceptors (Lipinski definition) is 4. The standard InChI is InChI=1S/C12H21N3O3/c1-11(17)3-2-7-15(8-6-11)10(16)12(4-5-12)9(13)14-18/h17-18H,2-8H2,1H3,(H2,13,14). The van der Waals surface area contributed by atoms with Crippen molar-refractivity contribution in [2.75, 3.05) is 13.1 Å². The van der Waals surface area contributed by atoms with E-state index in [1.54, 1.807) is 11.8 Å². The molecule has 18 heavy (non-hydrogen) atoms. The Morgan fingerprint density at radius 3 is 2.50 bits per heavy atom. The number of amidine groups is 1. The Bertz CT molecular complexity index is 375. The fourth-order valence-electron chi connectivity index (χ4n) is 2.57. The van der Waals surface area contributed by atoms with Crippen molar-refractivity contribution in [1.29, 1.82) is 0 Å². The van der Waals surface area contributed by atoms with E-state index in [2.05, 4.69) is 5.16 Å². The second-order valence-electron chi connectivity index (χ2n) is 5.71. The number of rotatable bonds is 2. The minimum atomic E-state index is -0.773. The Kier molecular flexibility index (Phi) is 3.23. The van der Waals surface area contributed by atoms with E-state index >= 15 is 0 Å². The van der Waals surface area contributed by atoms with Crippen LogP contribution in [0, 0.1) is 5.41 Å². The van der Waals surface area contributed by atoms with Gasteiger partial charge in [-0.25, -0.2) is 0 Å². The van der Waals surface area contributed by atoms with Crippen molar-refractivity contribution >= 4 is 11.7 Å². The summed E-state index contributed by atoms with van der Waals surface area (Å²) in [7, 11) is 0. The summed E-state index contributed by atoms with van der Waals surface area (Å²) in [6.45, 7) is 2.97. The second-order valence-corrected chi connectivity index (χ2v) is 5.71. The minimum absolute atomic E-state index is 0.0171. The van der Waals surface area contributed by atoms with E-state index in [0.717, 1.165) is 6.42 Å². The quantitative estimate of drug-likeness (QED) is 0.285. The Labute approximate surface area is 106 Å². The van der Waals surface area contributed by atoms with Gasteiger partial charge < -0.3 is 20.9 Å². The molecule has 0 bridgehead atoms. The third kappa shape index (κ3) is 2.29. The molecule has 4 N–H and O–H groups in total. The molecule has 1 amide bonds. The SMILES string of the molecule is CC1(O)CCCN(C(=O)C2(C(N)=NO)CC2)CC1. The topological polar surface area (TPSA) is 99.2 Å². The Hall–Kier alpha value is -1.30. The lowest BCUT2D eigenvalue weighted by Crippen LogP contribution is -2.44. The molecule has 6 heteroatoms. The highest BCUT2D eigenvalue weighted by molar-refractivity contribution is 6.09. The Morgan fingerprint density at radius 1 is 1.28 bits per heavy atom. The first-order valence-corrected chi connectivity index (χ1v) is 6.41. The van der Waals surface area contributed by atoms with Crippen LogP contribution in [-0.2, 0) is 4.79 Å². The molecule has 1 atom stereocenters. The summed E-state index contributed by atoms with van der Waals surface area (Å²) in [5.41, 5.74) is 4.15. The monoisotopic (exact) mass is 255 g/mol. The van der Waals surface area contributed by atoms with Crippen molar-refractivity contribution in [3.05, 3.63) is 0 Å². The predicted molar refractivity (Wildman–Crippen MR) is 66.1 cm³/mol. The van der Waals surface area contributed by atoms with Crippen LogP contribution < -0.4 is 5.73 Å². The van der Waals surface area contributed by atoms with E-state index in [-0.39, 0.29) is 11.7 Å². The van der Waals surface area contributed by atoms with Gasteiger partial charge in [-0.3, -0.25) is 4.79 Å². The van der Waals surface area contributed by atoms with Crippen LogP contribution in [0.1, 0.15) is 39.0 Å². The lowest BCUT2D eigenvalue weighted by atomic mass is 9.98. The van der Waals surface area contributed by atoms with Gasteiger partial charge in [-0.1, -0.05) is 5.16 Å². The molecule has 2 fully saturated rings. The first-order chi connectivity index (χ1) is 8.41. The van der Waals surface area contributed by atoms with Crippen molar-refractivity contribution < 1.29 is 15.1 Å². The van der Waals surface area contributed by atoms with Crippen LogP contribution >= 0.6 is 0 Å². The van der Waals surface area contributed by atoms with E-state index in [1.165, 1.54) is 0 Å². The van der Waals surface area contributed by atoms with Crippen LogP contribution in [0.3, 0.4) is 0 Å². The fraction of sp³-hybridized carbons (Fsp3) is 0.833. The summed E-state index contributed by atoms with van der Waals surface area (Å²) in [6.07, 6.45) is 3.35. The summed E-state index contributed by atoms with van der Waals surface area (Å²) in [5.74, 6) is -0.0426. The zero-order valence-electron chi connectivity index (χ0n) is 10.7. The number of hydrogen-bond donors (Lipinski definition) is 3. The Balaban J connectivity index is 2.06. The highest BCUT2D eigenvalue weighted by atomic mass is 16.4. The summed E-state index contributed by atoms with van der Waals surface area (Å²) >= 11 is 0. The molecule has 0 aromatic heterocycles. The third-order valence-corrected chi connectivity index (χ3v) is 4.11. The largest absolute Gasteiger partial charge is 0.409 e. The summed E-state index contributed by atoms with van der Waals surface area (Å²) in [5, 5.41) is 21.7. The smallest absolute Gasteiger partial charge is 0.236 e. The first kappa shape index (κ1) is 13.1. The molecule has 1 aliphatic carbocycles. The third-order valence-electron chi connectivity index (χ3n) is 4.11. The van der Waals surface area contributed by atoms with Gasteiger partial charge in [0.15, 0.2) is 5.84 Å². The van der Waals surface area contributed by atoms with Crippen LogP contribution in [0.25, 0.3) is 0 Å². The molecule has 102 valence electrons. The molecule has 0 spiro atoms. The van der Waals surface area contributed by atoms with E-state index in [0.29, 0.717) is 38.8 Å². The summed E-state index contributed by atoms with van der Waals surface area (Å²) < 4.78 is 0. The number of carbonyl (C=O) groups is 1. The number of nitrogens with zero attached hydrogens (tertiary/aromatic N) is 2. The Morgan fingerprint density at radius 2 is 1.94 bits per heavy atom. The van der Waals surface area contributed by atoms with Crippen molar-refractivity contribution in [3.63, 3.8) is 0 Å². The van der Waals surface area contributed by atoms with Gasteiger partial charge in [-0.2, -0.15) is 0 Å². The van der Waals surface area contributed by atoms with Crippen LogP contribution in [0.5, 0.6) is 0 Å². The van der Waals surface area contributed by atoms with Gasteiger partial charge in [-0.05, 0) is 39.0 Å². The second kappa shape index (κ2) is 4.42. The van der Waals surface area contributed by atoms with E-state index in [1.807, 2.05) is 0 Å². The first-order valence-electron chi connectivity index (χ1n) is 6.41. The number of oxime groups is 1. The van der Waals surface area contributed by atoms with E-state index < -0.39 is 11.0 Å². The molecule has 0 aromatic carbocycles. The lowest BCUT2D eigenvalue weighted by molar-refractivity contribution is -0.134. The molecule has 1 aliphatic heterocycles. The van der Waals surface area contributed by atoms with Gasteiger partial charge >= 0.3 is 0 Å². The number of amides is 1. The maximum Gasteiger partial charge on any atom is 0.236 e. The van der Waals surface area contributed by atoms with Crippen molar-refractivity contribution in [3.8, 4) is 0 Å². The van der Waals surface area contributed by atoms with Gasteiger partial charge in [0, 0.05) is 13.1 Å². The molecule has 6 nitrogen and oxygen atoms in total. The van der Waals surface area contributed by atoms with E-state index in [4.69, 9.17) is 10.9 Å². The van der Waals surface area contributed by atoms with Gasteiger partial charge in [0.2, 0.25) is 5.91 Å². The zero-order valence-corrected chi connectivity index (χ0v) is 10.7. The van der Waals surface area contributed by atoms with Crippen LogP contribution in [-0.4, -0.2) is 45.6 Å². The summed E-state index contributed by atoms with van der Waals surface area (Å²) in [4.78, 5) is 14.2. The van der Waals surface area contributed by atoms with Crippen LogP contribution in [0.15, 0.2) is 5.16 Å². The van der Waals surface area contributed by atoms with E-state index in [9.17, 15) is 9.90 Å². The number of nitrogens with two attached hydrogens (primary N) is 1. The average Bonchev–Trinajstić information content (AvgIpc) is 3.12. The van der Waals surface area contributed by atoms with Gasteiger partial charge in [0.05, 0.1) is 5.60 Å². The molecule has 2 rings (SSSR count). The van der Waals surface area contributed by atoms with Gasteiger partial charge in [0.25, 0.3) is 0 Å². The van der Waals surface area contributed by atoms with Crippen LogP contribution in [0.4, 0.5) is 0 Å². The highest BCUT2D eigenvalue weighted by Gasteiger charge is 2.55. The minimum Gasteiger partial charge on any atom is -0.409 e. The molecule has 1 saturated carbocycles. The van der Waals surface area contributed by atoms with Crippen molar-refractivity contribution in [2.24, 2.45) is 16.3 Å². The maximum absolute atomic E-state index is 12.4. The zero-order chi connectivity index (χ0) is 13.4. The molecule has 0 radical (unpaired) electrons. The molecule has 1 heterocycles. The number of carbonyl (C=O) groups excluding carboxylic acids is 1. The maximum atomic E-state index is 12.4. The number of aliphatic hydroxyl groups is 1. The van der Waals surface area contributed by atoms with Gasteiger partial charge in [-0.15, -0.1) is 0 Å². The highest BCUT2D eigenvalue weighted by Crippen LogP contribution is 2.47. The average molecular weight is 255 g/mol. The molecule has 2 aliphatic rings. The molecule has 1 unspecified atom stereocenters. The number of likely N-dealkylation sites (tertiary alicyclic amines) is 1. The van der Waals surface area contributed by atoms with Crippen molar-refractivity contribution in [1.82, 2.24) is 4.90 Å². The molecule has 1 saturated heterocycles. The molecule has 0 aromatic rings. The summed E-state index contributed by atoms with van der Waals surface area (Å²) in [6, 6.07) is 0. The van der Waals surface area contributed by atoms with Crippen molar-refractivity contribution in [2.45, 2.75) is 44.6 Å². The van der Waals surface area contributed by atoms with Gasteiger partial charge in [0.1, 0.15) is 5.41 Å². The molecular formula is C12H21N3O3. The van der Waals surface area contributed by atoms with Crippen LogP contribution in [0.2, 0.25) is 0 Å². The normalized spacial score (nSPS) is 31.9. The molecular weight excluding hydrogens is 234 g/mol. The predicted octanol–water partition coefficient (Wildman–Crippen LogP) is 0.276. The fourth-order valence-corrected chi connectivity index (χ4v) is 2.57.